The highest BCUT2D eigenvalue weighted by Crippen LogP contribution is 2.40. The molecule has 0 N–H and O–H groups in total. The molecule has 1 saturated heterocycles. The molecule has 0 spiro atoms. The van der Waals surface area contributed by atoms with Crippen LogP contribution in [0.2, 0.25) is 0 Å². The minimum absolute atomic E-state index is 0.124. The van der Waals surface area contributed by atoms with Gasteiger partial charge in [0.05, 0.1) is 31.9 Å². The molecule has 5 nitrogen and oxygen atoms in total. The lowest BCUT2D eigenvalue weighted by Crippen LogP contribution is -2.49. The third-order valence-electron chi connectivity index (χ3n) is 6.76. The first-order valence-electron chi connectivity index (χ1n) is 11.7. The van der Waals surface area contributed by atoms with E-state index in [1.807, 2.05) is 0 Å². The Hall–Kier alpha value is -2.65. The number of carbonyl (C=O) groups excluding carboxylic acids is 1. The normalized spacial score (nSPS) is 21.3. The fourth-order valence-electron chi connectivity index (χ4n) is 4.98. The van der Waals surface area contributed by atoms with Crippen molar-refractivity contribution in [2.75, 3.05) is 46.6 Å². The van der Waals surface area contributed by atoms with Gasteiger partial charge in [-0.25, -0.2) is 4.79 Å². The Morgan fingerprint density at radius 1 is 1.11 bits per heavy atom. The summed E-state index contributed by atoms with van der Waals surface area (Å²) in [5.74, 6) is 0.275. The first-order chi connectivity index (χ1) is 16.7. The summed E-state index contributed by atoms with van der Waals surface area (Å²) in [4.78, 5) is 15.6. The molecule has 9 heteroatoms. The van der Waals surface area contributed by atoms with Crippen LogP contribution in [0.3, 0.4) is 0 Å². The van der Waals surface area contributed by atoms with E-state index in [1.165, 1.54) is 12.0 Å². The number of nitrogens with zero attached hydrogens (tertiary/aromatic N) is 2. The van der Waals surface area contributed by atoms with Crippen LogP contribution in [0.1, 0.15) is 40.0 Å². The summed E-state index contributed by atoms with van der Waals surface area (Å²) in [6, 6.07) is 11.2. The number of hydrogen-bond acceptors (Lipinski definition) is 5. The Balaban J connectivity index is 1.54. The minimum atomic E-state index is -4.35. The maximum Gasteiger partial charge on any atom is 0.401 e. The van der Waals surface area contributed by atoms with Gasteiger partial charge in [-0.05, 0) is 54.3 Å². The summed E-state index contributed by atoms with van der Waals surface area (Å²) < 4.78 is 63.6. The van der Waals surface area contributed by atoms with Crippen molar-refractivity contribution in [2.45, 2.75) is 31.6 Å². The van der Waals surface area contributed by atoms with Crippen LogP contribution < -0.4 is 4.74 Å². The van der Waals surface area contributed by atoms with Crippen LogP contribution in [-0.2, 0) is 11.2 Å². The highest BCUT2D eigenvalue weighted by Gasteiger charge is 2.40. The van der Waals surface area contributed by atoms with Crippen LogP contribution in [0.4, 0.5) is 17.6 Å². The van der Waals surface area contributed by atoms with E-state index in [1.54, 1.807) is 49.4 Å². The van der Waals surface area contributed by atoms with Gasteiger partial charge in [-0.3, -0.25) is 14.2 Å². The Morgan fingerprint density at radius 2 is 1.83 bits per heavy atom. The number of methoxy groups -OCH3 is 1. The number of rotatable bonds is 8. The van der Waals surface area contributed by atoms with Crippen LogP contribution in [-0.4, -0.2) is 74.6 Å². The molecule has 2 aromatic rings. The lowest BCUT2D eigenvalue weighted by molar-refractivity contribution is -0.155. The van der Waals surface area contributed by atoms with Crippen molar-refractivity contribution in [3.8, 4) is 5.75 Å². The van der Waals surface area contributed by atoms with Gasteiger partial charge in [-0.2, -0.15) is 13.2 Å². The fraction of sp³-hybridized carbons (Fsp3) is 0.500. The number of benzene rings is 2. The second kappa shape index (κ2) is 10.5. The van der Waals surface area contributed by atoms with Crippen LogP contribution in [0.25, 0.3) is 0 Å². The predicted molar refractivity (Wildman–Crippen MR) is 123 cm³/mol. The van der Waals surface area contributed by atoms with Gasteiger partial charge in [0.15, 0.2) is 0 Å². The van der Waals surface area contributed by atoms with E-state index in [-0.39, 0.29) is 18.6 Å². The fourth-order valence-corrected chi connectivity index (χ4v) is 4.98. The average Bonchev–Trinajstić information content (AvgIpc) is 2.80. The van der Waals surface area contributed by atoms with Crippen molar-refractivity contribution < 1.29 is 31.8 Å². The summed E-state index contributed by atoms with van der Waals surface area (Å²) in [5, 5.41) is 0. The summed E-state index contributed by atoms with van der Waals surface area (Å²) in [5.41, 5.74) is 2.68. The molecule has 190 valence electrons. The molecular weight excluding hydrogens is 464 g/mol. The molecule has 35 heavy (non-hydrogen) atoms. The lowest BCUT2D eigenvalue weighted by Gasteiger charge is -2.42. The van der Waals surface area contributed by atoms with Crippen LogP contribution in [0, 0.1) is 5.92 Å². The number of ether oxygens (including phenoxy) is 2. The molecule has 2 aromatic carbocycles. The van der Waals surface area contributed by atoms with E-state index < -0.39 is 24.7 Å². The van der Waals surface area contributed by atoms with Crippen molar-refractivity contribution >= 4 is 5.97 Å². The third-order valence-corrected chi connectivity index (χ3v) is 6.76. The Bertz CT molecular complexity index is 1020. The molecular formula is C26H30F4N2O3. The van der Waals surface area contributed by atoms with Gasteiger partial charge in [0.2, 0.25) is 0 Å². The molecule has 0 bridgehead atoms. The number of likely N-dealkylation sites (tertiary alicyclic amines) is 1. The molecule has 0 amide bonds. The van der Waals surface area contributed by atoms with Crippen LogP contribution in [0.15, 0.2) is 42.5 Å². The number of esters is 1. The largest absolute Gasteiger partial charge is 0.492 e. The second-order valence-corrected chi connectivity index (χ2v) is 9.35. The van der Waals surface area contributed by atoms with Gasteiger partial charge in [-0.1, -0.05) is 18.2 Å². The molecule has 2 heterocycles. The van der Waals surface area contributed by atoms with Gasteiger partial charge in [0, 0.05) is 31.6 Å². The molecule has 0 unspecified atom stereocenters. The standard InChI is InChI=1S/C26H30F4N2O3/c1-17-11-21-12-20(25(33)34-2)5-8-23(21)24(32(17)16-26(28,29)30)19-3-6-22(7-4-19)35-10-9-31-14-18(13-27)15-31/h3-8,12,17-18,24H,9-11,13-16H2,1-2H3/t17-,24-/m1/s1. The number of halogens is 4. The van der Waals surface area contributed by atoms with Gasteiger partial charge in [-0.15, -0.1) is 0 Å². The third kappa shape index (κ3) is 5.95. The van der Waals surface area contributed by atoms with Gasteiger partial charge < -0.3 is 9.47 Å². The number of hydrogen-bond donors (Lipinski definition) is 0. The summed E-state index contributed by atoms with van der Waals surface area (Å²) in [6.45, 7) is 3.08. The van der Waals surface area contributed by atoms with E-state index in [9.17, 15) is 22.4 Å². The molecule has 0 aromatic heterocycles. The smallest absolute Gasteiger partial charge is 0.401 e. The second-order valence-electron chi connectivity index (χ2n) is 9.35. The first kappa shape index (κ1) is 25.4. The van der Waals surface area contributed by atoms with Gasteiger partial charge >= 0.3 is 12.1 Å². The molecule has 0 saturated carbocycles. The average molecular weight is 495 g/mol. The van der Waals surface area contributed by atoms with Crippen molar-refractivity contribution in [1.82, 2.24) is 9.80 Å². The molecule has 4 rings (SSSR count). The highest BCUT2D eigenvalue weighted by atomic mass is 19.4. The number of alkyl halides is 4. The minimum Gasteiger partial charge on any atom is -0.492 e. The van der Waals surface area contributed by atoms with E-state index in [4.69, 9.17) is 9.47 Å². The van der Waals surface area contributed by atoms with E-state index >= 15 is 0 Å². The zero-order chi connectivity index (χ0) is 25.2. The molecule has 0 aliphatic carbocycles. The maximum absolute atomic E-state index is 13.5. The van der Waals surface area contributed by atoms with Crippen molar-refractivity contribution in [1.29, 1.82) is 0 Å². The van der Waals surface area contributed by atoms with E-state index in [0.29, 0.717) is 36.4 Å². The zero-order valence-corrected chi connectivity index (χ0v) is 19.9. The van der Waals surface area contributed by atoms with Crippen LogP contribution in [0.5, 0.6) is 5.75 Å². The first-order valence-corrected chi connectivity index (χ1v) is 11.7. The maximum atomic E-state index is 13.5. The summed E-state index contributed by atoms with van der Waals surface area (Å²) in [7, 11) is 1.30. The lowest BCUT2D eigenvalue weighted by atomic mass is 9.84. The Morgan fingerprint density at radius 3 is 2.46 bits per heavy atom. The monoisotopic (exact) mass is 494 g/mol. The Kier molecular flexibility index (Phi) is 7.66. The van der Waals surface area contributed by atoms with E-state index in [0.717, 1.165) is 24.2 Å². The quantitative estimate of drug-likeness (QED) is 0.395. The molecule has 1 fully saturated rings. The van der Waals surface area contributed by atoms with E-state index in [2.05, 4.69) is 4.90 Å². The predicted octanol–water partition coefficient (Wildman–Crippen LogP) is 4.65. The SMILES string of the molecule is COC(=O)c1ccc2c(c1)C[C@@H](C)N(CC(F)(F)F)[C@@H]2c1ccc(OCCN2CC(CF)C2)cc1. The summed E-state index contributed by atoms with van der Waals surface area (Å²) in [6.07, 6.45) is -3.95. The van der Waals surface area contributed by atoms with Crippen molar-refractivity contribution in [2.24, 2.45) is 5.92 Å². The highest BCUT2D eigenvalue weighted by molar-refractivity contribution is 5.89. The molecule has 2 aliphatic rings. The topological polar surface area (TPSA) is 42.0 Å². The zero-order valence-electron chi connectivity index (χ0n) is 19.9. The van der Waals surface area contributed by atoms with Crippen molar-refractivity contribution in [3.05, 3.63) is 64.7 Å². The molecule has 2 atom stereocenters. The number of carbonyl (C=O) groups is 1. The van der Waals surface area contributed by atoms with Gasteiger partial charge in [0.25, 0.3) is 0 Å². The molecule has 0 radical (unpaired) electrons. The number of fused-ring (bicyclic) bond motifs is 1. The Labute approximate surface area is 202 Å². The van der Waals surface area contributed by atoms with Crippen LogP contribution >= 0.6 is 0 Å². The van der Waals surface area contributed by atoms with Gasteiger partial charge in [0.1, 0.15) is 12.4 Å². The molecule has 2 aliphatic heterocycles. The van der Waals surface area contributed by atoms with Crippen molar-refractivity contribution in [3.63, 3.8) is 0 Å². The summed E-state index contributed by atoms with van der Waals surface area (Å²) >= 11 is 0.